The van der Waals surface area contributed by atoms with Crippen LogP contribution in [0.3, 0.4) is 0 Å². The van der Waals surface area contributed by atoms with Gasteiger partial charge in [0.05, 0.1) is 18.8 Å². The fourth-order valence-corrected chi connectivity index (χ4v) is 2.21. The van der Waals surface area contributed by atoms with Crippen LogP contribution >= 0.6 is 0 Å². The molecule has 1 aliphatic rings. The molecule has 106 valence electrons. The van der Waals surface area contributed by atoms with Crippen LogP contribution in [0.25, 0.3) is 5.95 Å². The monoisotopic (exact) mass is 275 g/mol. The number of nitrogens with two attached hydrogens (primary N) is 1. The van der Waals surface area contributed by atoms with E-state index in [1.807, 2.05) is 0 Å². The Morgan fingerprint density at radius 3 is 2.75 bits per heavy atom. The summed E-state index contributed by atoms with van der Waals surface area (Å²) < 4.78 is 7.21. The first-order valence-corrected chi connectivity index (χ1v) is 6.41. The van der Waals surface area contributed by atoms with Crippen LogP contribution in [-0.4, -0.2) is 49.8 Å². The molecule has 8 nitrogen and oxygen atoms in total. The third kappa shape index (κ3) is 2.29. The zero-order chi connectivity index (χ0) is 14.2. The highest BCUT2D eigenvalue weighted by atomic mass is 16.5. The molecule has 0 aromatic carbocycles. The first kappa shape index (κ1) is 12.8. The lowest BCUT2D eigenvalue weighted by Crippen LogP contribution is -2.54. The molecule has 0 radical (unpaired) electrons. The summed E-state index contributed by atoms with van der Waals surface area (Å²) in [6.07, 6.45) is 5.06. The van der Waals surface area contributed by atoms with Gasteiger partial charge in [-0.05, 0) is 13.8 Å². The minimum atomic E-state index is -0.182. The van der Waals surface area contributed by atoms with Crippen LogP contribution in [-0.2, 0) is 4.74 Å². The summed E-state index contributed by atoms with van der Waals surface area (Å²) in [5.74, 6) is 1.22. The largest absolute Gasteiger partial charge is 0.377 e. The Bertz CT molecular complexity index is 596. The molecule has 0 unspecified atom stereocenters. The van der Waals surface area contributed by atoms with Crippen LogP contribution in [0.4, 0.5) is 11.9 Å². The van der Waals surface area contributed by atoms with E-state index in [4.69, 9.17) is 10.5 Å². The Labute approximate surface area is 116 Å². The topological polar surface area (TPSA) is 95.0 Å². The van der Waals surface area contributed by atoms with Crippen molar-refractivity contribution in [3.63, 3.8) is 0 Å². The van der Waals surface area contributed by atoms with Crippen molar-refractivity contribution >= 4 is 11.9 Å². The molecule has 0 atom stereocenters. The molecular weight excluding hydrogens is 258 g/mol. The van der Waals surface area contributed by atoms with Gasteiger partial charge in [-0.1, -0.05) is 0 Å². The van der Waals surface area contributed by atoms with Crippen LogP contribution in [0.15, 0.2) is 18.7 Å². The number of morpholine rings is 1. The maximum atomic E-state index is 5.81. The molecule has 0 bridgehead atoms. The SMILES string of the molecule is CC1(C)COCCN1c1nc(N)nc(-n2ccnc2)n1. The smallest absolute Gasteiger partial charge is 0.241 e. The Morgan fingerprint density at radius 1 is 1.25 bits per heavy atom. The van der Waals surface area contributed by atoms with E-state index in [0.717, 1.165) is 6.54 Å². The molecule has 1 aliphatic heterocycles. The lowest BCUT2D eigenvalue weighted by Gasteiger charge is -2.42. The van der Waals surface area contributed by atoms with E-state index in [1.54, 1.807) is 23.3 Å². The maximum Gasteiger partial charge on any atom is 0.241 e. The normalized spacial score (nSPS) is 18.2. The molecule has 20 heavy (non-hydrogen) atoms. The number of hydrogen-bond donors (Lipinski definition) is 1. The molecule has 3 heterocycles. The van der Waals surface area contributed by atoms with Crippen molar-refractivity contribution in [2.45, 2.75) is 19.4 Å². The molecule has 8 heteroatoms. The summed E-state index contributed by atoms with van der Waals surface area (Å²) in [5, 5.41) is 0. The lowest BCUT2D eigenvalue weighted by atomic mass is 10.0. The average Bonchev–Trinajstić information content (AvgIpc) is 2.91. The maximum absolute atomic E-state index is 5.81. The molecule has 2 N–H and O–H groups in total. The minimum Gasteiger partial charge on any atom is -0.377 e. The van der Waals surface area contributed by atoms with Crippen LogP contribution in [0.1, 0.15) is 13.8 Å². The zero-order valence-electron chi connectivity index (χ0n) is 11.5. The molecule has 0 spiro atoms. The van der Waals surface area contributed by atoms with E-state index in [2.05, 4.69) is 38.7 Å². The minimum absolute atomic E-state index is 0.182. The number of aromatic nitrogens is 5. The highest BCUT2D eigenvalue weighted by Gasteiger charge is 2.33. The molecule has 2 aromatic rings. The number of hydrogen-bond acceptors (Lipinski definition) is 7. The van der Waals surface area contributed by atoms with E-state index in [1.165, 1.54) is 0 Å². The van der Waals surface area contributed by atoms with E-state index < -0.39 is 0 Å². The predicted molar refractivity (Wildman–Crippen MR) is 73.6 cm³/mol. The standard InChI is InChI=1S/C12H17N7O/c1-12(2)7-20-6-5-19(12)11-16-9(13)15-10(17-11)18-4-3-14-8-18/h3-4,8H,5-7H2,1-2H3,(H2,13,15,16,17). The number of rotatable bonds is 2. The van der Waals surface area contributed by atoms with Gasteiger partial charge < -0.3 is 15.4 Å². The highest BCUT2D eigenvalue weighted by molar-refractivity contribution is 5.41. The second-order valence-electron chi connectivity index (χ2n) is 5.28. The van der Waals surface area contributed by atoms with Crippen LogP contribution < -0.4 is 10.6 Å². The van der Waals surface area contributed by atoms with Gasteiger partial charge in [0.2, 0.25) is 17.8 Å². The highest BCUT2D eigenvalue weighted by Crippen LogP contribution is 2.24. The summed E-state index contributed by atoms with van der Waals surface area (Å²) in [4.78, 5) is 19.0. The van der Waals surface area contributed by atoms with Gasteiger partial charge in [-0.15, -0.1) is 0 Å². The second kappa shape index (κ2) is 4.71. The van der Waals surface area contributed by atoms with Gasteiger partial charge in [-0.25, -0.2) is 4.98 Å². The summed E-state index contributed by atoms with van der Waals surface area (Å²) in [5.41, 5.74) is 5.62. The summed E-state index contributed by atoms with van der Waals surface area (Å²) in [7, 11) is 0. The number of ether oxygens (including phenoxy) is 1. The lowest BCUT2D eigenvalue weighted by molar-refractivity contribution is 0.0634. The summed E-state index contributed by atoms with van der Waals surface area (Å²) >= 11 is 0. The first-order chi connectivity index (χ1) is 9.56. The number of nitrogens with zero attached hydrogens (tertiary/aromatic N) is 6. The fourth-order valence-electron chi connectivity index (χ4n) is 2.21. The molecule has 1 fully saturated rings. The van der Waals surface area contributed by atoms with Crippen molar-refractivity contribution in [1.82, 2.24) is 24.5 Å². The third-order valence-electron chi connectivity index (χ3n) is 3.25. The second-order valence-corrected chi connectivity index (χ2v) is 5.28. The Kier molecular flexibility index (Phi) is 3.01. The number of anilines is 2. The van der Waals surface area contributed by atoms with Crippen molar-refractivity contribution in [2.24, 2.45) is 0 Å². The van der Waals surface area contributed by atoms with Crippen molar-refractivity contribution in [1.29, 1.82) is 0 Å². The van der Waals surface area contributed by atoms with Gasteiger partial charge in [0, 0.05) is 18.9 Å². The van der Waals surface area contributed by atoms with Crippen molar-refractivity contribution in [3.8, 4) is 5.95 Å². The predicted octanol–water partition coefficient (Wildman–Crippen LogP) is 0.255. The van der Waals surface area contributed by atoms with Crippen molar-refractivity contribution in [3.05, 3.63) is 18.7 Å². The first-order valence-electron chi connectivity index (χ1n) is 6.41. The van der Waals surface area contributed by atoms with Gasteiger partial charge in [-0.3, -0.25) is 4.57 Å². The number of nitrogen functional groups attached to an aromatic ring is 1. The van der Waals surface area contributed by atoms with E-state index in [9.17, 15) is 0 Å². The van der Waals surface area contributed by atoms with Gasteiger partial charge >= 0.3 is 0 Å². The Morgan fingerprint density at radius 2 is 2.05 bits per heavy atom. The Balaban J connectivity index is 2.01. The molecule has 3 rings (SSSR count). The zero-order valence-corrected chi connectivity index (χ0v) is 11.5. The van der Waals surface area contributed by atoms with Gasteiger partial charge in [-0.2, -0.15) is 15.0 Å². The molecular formula is C12H17N7O. The molecule has 0 aliphatic carbocycles. The van der Waals surface area contributed by atoms with Crippen LogP contribution in [0.2, 0.25) is 0 Å². The Hall–Kier alpha value is -2.22. The molecule has 1 saturated heterocycles. The van der Waals surface area contributed by atoms with Crippen LogP contribution in [0, 0.1) is 0 Å². The van der Waals surface area contributed by atoms with E-state index in [-0.39, 0.29) is 11.5 Å². The van der Waals surface area contributed by atoms with Crippen molar-refractivity contribution < 1.29 is 4.74 Å². The molecule has 0 amide bonds. The summed E-state index contributed by atoms with van der Waals surface area (Å²) in [6, 6.07) is 0. The van der Waals surface area contributed by atoms with Gasteiger partial charge in [0.25, 0.3) is 0 Å². The van der Waals surface area contributed by atoms with Gasteiger partial charge in [0.1, 0.15) is 6.33 Å². The average molecular weight is 275 g/mol. The fraction of sp³-hybridized carbons (Fsp3) is 0.500. The van der Waals surface area contributed by atoms with E-state index >= 15 is 0 Å². The van der Waals surface area contributed by atoms with Gasteiger partial charge in [0.15, 0.2) is 0 Å². The molecule has 2 aromatic heterocycles. The number of imidazole rings is 1. The van der Waals surface area contributed by atoms with Crippen molar-refractivity contribution in [2.75, 3.05) is 30.4 Å². The third-order valence-corrected chi connectivity index (χ3v) is 3.25. The van der Waals surface area contributed by atoms with Crippen LogP contribution in [0.5, 0.6) is 0 Å². The summed E-state index contributed by atoms with van der Waals surface area (Å²) in [6.45, 7) is 6.17. The molecule has 0 saturated carbocycles. The van der Waals surface area contributed by atoms with E-state index in [0.29, 0.717) is 25.1 Å². The quantitative estimate of drug-likeness (QED) is 0.839.